The minimum Gasteiger partial charge on any atom is -0.444 e. The summed E-state index contributed by atoms with van der Waals surface area (Å²) in [6.07, 6.45) is 0.592. The van der Waals surface area contributed by atoms with E-state index in [0.29, 0.717) is 17.4 Å². The molecule has 0 radical (unpaired) electrons. The summed E-state index contributed by atoms with van der Waals surface area (Å²) < 4.78 is 5.18. The van der Waals surface area contributed by atoms with Gasteiger partial charge in [0, 0.05) is 6.54 Å². The molecule has 0 aliphatic heterocycles. The lowest BCUT2D eigenvalue weighted by atomic mass is 10.0. The van der Waals surface area contributed by atoms with Gasteiger partial charge in [-0.15, -0.1) is 0 Å². The second kappa shape index (κ2) is 5.92. The number of alkyl carbamates (subject to hydrolysis) is 1. The minimum atomic E-state index is -0.425. The van der Waals surface area contributed by atoms with Gasteiger partial charge < -0.3 is 15.4 Å². The fraction of sp³-hybridized carbons (Fsp3) is 0.938. The number of nitrogens with one attached hydrogen (secondary N) is 2. The molecular formula is C16H32N2O2. The standard InChI is InChI=1S/C16H32N2O2/c1-14(2,3)20-13(19)18-10-8-9-17-11-12-15(4,5)16(12,6)7/h12,17H,8-11H2,1-7H3,(H,18,19). The van der Waals surface area contributed by atoms with Gasteiger partial charge in [0.2, 0.25) is 0 Å². The third-order valence-electron chi connectivity index (χ3n) is 4.87. The average molecular weight is 284 g/mol. The summed E-state index contributed by atoms with van der Waals surface area (Å²) in [6.45, 7) is 17.6. The van der Waals surface area contributed by atoms with Gasteiger partial charge in [0.05, 0.1) is 0 Å². The predicted molar refractivity (Wildman–Crippen MR) is 82.8 cm³/mol. The van der Waals surface area contributed by atoms with Crippen molar-refractivity contribution in [2.45, 2.75) is 60.5 Å². The van der Waals surface area contributed by atoms with Crippen LogP contribution in [0.25, 0.3) is 0 Å². The molecule has 0 aromatic heterocycles. The maximum atomic E-state index is 11.4. The summed E-state index contributed by atoms with van der Waals surface area (Å²) in [7, 11) is 0. The van der Waals surface area contributed by atoms with Crippen LogP contribution in [-0.2, 0) is 4.74 Å². The number of hydrogen-bond acceptors (Lipinski definition) is 3. The molecular weight excluding hydrogens is 252 g/mol. The molecule has 4 heteroatoms. The molecule has 1 saturated carbocycles. The normalized spacial score (nSPS) is 20.6. The second-order valence-corrected chi connectivity index (χ2v) is 7.98. The molecule has 1 amide bonds. The molecule has 0 saturated heterocycles. The van der Waals surface area contributed by atoms with Crippen LogP contribution in [-0.4, -0.2) is 31.3 Å². The van der Waals surface area contributed by atoms with Gasteiger partial charge >= 0.3 is 6.09 Å². The molecule has 20 heavy (non-hydrogen) atoms. The highest BCUT2D eigenvalue weighted by molar-refractivity contribution is 5.67. The Kier molecular flexibility index (Phi) is 5.12. The monoisotopic (exact) mass is 284 g/mol. The molecule has 1 aliphatic carbocycles. The Morgan fingerprint density at radius 1 is 1.10 bits per heavy atom. The van der Waals surface area contributed by atoms with E-state index in [9.17, 15) is 4.79 Å². The fourth-order valence-electron chi connectivity index (χ4n) is 2.81. The van der Waals surface area contributed by atoms with Gasteiger partial charge in [-0.05, 0) is 57.0 Å². The molecule has 118 valence electrons. The van der Waals surface area contributed by atoms with Crippen LogP contribution in [0, 0.1) is 16.7 Å². The van der Waals surface area contributed by atoms with Crippen LogP contribution in [0.5, 0.6) is 0 Å². The Labute approximate surface area is 124 Å². The highest BCUT2D eigenvalue weighted by Crippen LogP contribution is 2.67. The summed E-state index contributed by atoms with van der Waals surface area (Å²) in [5.74, 6) is 0.744. The van der Waals surface area contributed by atoms with Gasteiger partial charge in [-0.25, -0.2) is 4.79 Å². The summed E-state index contributed by atoms with van der Waals surface area (Å²) in [6, 6.07) is 0. The molecule has 1 fully saturated rings. The maximum Gasteiger partial charge on any atom is 0.407 e. The van der Waals surface area contributed by atoms with Crippen LogP contribution in [0.4, 0.5) is 4.79 Å². The smallest absolute Gasteiger partial charge is 0.407 e. The van der Waals surface area contributed by atoms with Crippen LogP contribution in [0.2, 0.25) is 0 Å². The zero-order valence-corrected chi connectivity index (χ0v) is 14.2. The number of rotatable bonds is 6. The first kappa shape index (κ1) is 17.3. The summed E-state index contributed by atoms with van der Waals surface area (Å²) in [5.41, 5.74) is 0.453. The van der Waals surface area contributed by atoms with Gasteiger partial charge in [0.25, 0.3) is 0 Å². The number of carbonyl (C=O) groups is 1. The van der Waals surface area contributed by atoms with E-state index in [-0.39, 0.29) is 6.09 Å². The average Bonchev–Trinajstić information content (AvgIpc) is 2.62. The number of amides is 1. The van der Waals surface area contributed by atoms with Crippen molar-refractivity contribution >= 4 is 6.09 Å². The molecule has 1 rings (SSSR count). The van der Waals surface area contributed by atoms with E-state index in [1.54, 1.807) is 0 Å². The Hall–Kier alpha value is -0.770. The molecule has 4 nitrogen and oxygen atoms in total. The lowest BCUT2D eigenvalue weighted by Crippen LogP contribution is -2.34. The number of carbonyl (C=O) groups excluding carboxylic acids is 1. The van der Waals surface area contributed by atoms with Crippen molar-refractivity contribution in [1.82, 2.24) is 10.6 Å². The van der Waals surface area contributed by atoms with Crippen molar-refractivity contribution in [1.29, 1.82) is 0 Å². The first-order valence-electron chi connectivity index (χ1n) is 7.66. The molecule has 0 atom stereocenters. The summed E-state index contributed by atoms with van der Waals surface area (Å²) in [5, 5.41) is 6.26. The van der Waals surface area contributed by atoms with E-state index in [4.69, 9.17) is 4.74 Å². The fourth-order valence-corrected chi connectivity index (χ4v) is 2.81. The zero-order valence-electron chi connectivity index (χ0n) is 14.2. The molecule has 0 aromatic rings. The maximum absolute atomic E-state index is 11.4. The molecule has 0 unspecified atom stereocenters. The van der Waals surface area contributed by atoms with E-state index in [0.717, 1.165) is 25.4 Å². The van der Waals surface area contributed by atoms with Crippen LogP contribution in [0.15, 0.2) is 0 Å². The summed E-state index contributed by atoms with van der Waals surface area (Å²) in [4.78, 5) is 11.4. The first-order valence-corrected chi connectivity index (χ1v) is 7.66. The van der Waals surface area contributed by atoms with Crippen molar-refractivity contribution in [2.75, 3.05) is 19.6 Å². The van der Waals surface area contributed by atoms with Crippen molar-refractivity contribution in [3.05, 3.63) is 0 Å². The Bertz CT molecular complexity index is 329. The Morgan fingerprint density at radius 2 is 1.65 bits per heavy atom. The molecule has 0 bridgehead atoms. The van der Waals surface area contributed by atoms with E-state index < -0.39 is 5.60 Å². The van der Waals surface area contributed by atoms with E-state index in [1.807, 2.05) is 20.8 Å². The van der Waals surface area contributed by atoms with Gasteiger partial charge in [-0.1, -0.05) is 27.7 Å². The molecule has 0 spiro atoms. The largest absolute Gasteiger partial charge is 0.444 e. The third-order valence-corrected chi connectivity index (χ3v) is 4.87. The van der Waals surface area contributed by atoms with Gasteiger partial charge in [-0.2, -0.15) is 0 Å². The highest BCUT2D eigenvalue weighted by atomic mass is 16.6. The third kappa shape index (κ3) is 4.37. The SMILES string of the molecule is CC(C)(C)OC(=O)NCCCNCC1C(C)(C)C1(C)C. The Balaban J connectivity index is 2.03. The summed E-state index contributed by atoms with van der Waals surface area (Å²) >= 11 is 0. The predicted octanol–water partition coefficient (Wildman–Crippen LogP) is 3.17. The highest BCUT2D eigenvalue weighted by Gasteiger charge is 2.63. The minimum absolute atomic E-state index is 0.332. The number of hydrogen-bond donors (Lipinski definition) is 2. The molecule has 0 aromatic carbocycles. The van der Waals surface area contributed by atoms with Crippen molar-refractivity contribution in [3.63, 3.8) is 0 Å². The van der Waals surface area contributed by atoms with E-state index in [1.165, 1.54) is 0 Å². The molecule has 2 N–H and O–H groups in total. The van der Waals surface area contributed by atoms with Crippen molar-refractivity contribution < 1.29 is 9.53 Å². The molecule has 0 heterocycles. The van der Waals surface area contributed by atoms with Gasteiger partial charge in [-0.3, -0.25) is 0 Å². The lowest BCUT2D eigenvalue weighted by Gasteiger charge is -2.19. The molecule has 1 aliphatic rings. The van der Waals surface area contributed by atoms with Gasteiger partial charge in [0.1, 0.15) is 5.60 Å². The first-order chi connectivity index (χ1) is 8.98. The Morgan fingerprint density at radius 3 is 2.10 bits per heavy atom. The zero-order chi connectivity index (χ0) is 15.6. The van der Waals surface area contributed by atoms with Crippen LogP contribution >= 0.6 is 0 Å². The second-order valence-electron chi connectivity index (χ2n) is 7.98. The van der Waals surface area contributed by atoms with Crippen LogP contribution in [0.3, 0.4) is 0 Å². The van der Waals surface area contributed by atoms with Crippen molar-refractivity contribution in [3.8, 4) is 0 Å². The topological polar surface area (TPSA) is 50.4 Å². The number of ether oxygens (including phenoxy) is 1. The van der Waals surface area contributed by atoms with E-state index in [2.05, 4.69) is 38.3 Å². The van der Waals surface area contributed by atoms with E-state index >= 15 is 0 Å². The van der Waals surface area contributed by atoms with Crippen LogP contribution in [0.1, 0.15) is 54.9 Å². The van der Waals surface area contributed by atoms with Gasteiger partial charge in [0.15, 0.2) is 0 Å². The lowest BCUT2D eigenvalue weighted by molar-refractivity contribution is 0.0527. The van der Waals surface area contributed by atoms with Crippen LogP contribution < -0.4 is 10.6 Å². The quantitative estimate of drug-likeness (QED) is 0.737. The van der Waals surface area contributed by atoms with Crippen molar-refractivity contribution in [2.24, 2.45) is 16.7 Å².